The summed E-state index contributed by atoms with van der Waals surface area (Å²) in [7, 11) is 8.46. The molecule has 0 spiro atoms. The predicted molar refractivity (Wildman–Crippen MR) is 125 cm³/mol. The van der Waals surface area contributed by atoms with Crippen LogP contribution < -0.4 is 0 Å². The van der Waals surface area contributed by atoms with Crippen LogP contribution in [0.5, 0.6) is 0 Å². The van der Waals surface area contributed by atoms with Gasteiger partial charge in [-0.1, -0.05) is 103 Å². The summed E-state index contributed by atoms with van der Waals surface area (Å²) in [6, 6.07) is 0. The van der Waals surface area contributed by atoms with Crippen molar-refractivity contribution in [3.63, 3.8) is 0 Å². The zero-order valence-corrected chi connectivity index (χ0v) is 24.4. The van der Waals surface area contributed by atoms with Gasteiger partial charge in [-0.2, -0.15) is 24.2 Å². The summed E-state index contributed by atoms with van der Waals surface area (Å²) < 4.78 is 0. The van der Waals surface area contributed by atoms with Crippen molar-refractivity contribution < 1.29 is 20.8 Å². The third-order valence-corrected chi connectivity index (χ3v) is 13.7. The molecule has 3 aliphatic carbocycles. The molecule has 0 aromatic carbocycles. The first-order chi connectivity index (χ1) is 13.2. The Morgan fingerprint density at radius 2 is 1.50 bits per heavy atom. The maximum atomic E-state index is 4.93. The summed E-state index contributed by atoms with van der Waals surface area (Å²) in [5.41, 5.74) is 4.16. The Bertz CT molecular complexity index is 458. The van der Waals surface area contributed by atoms with E-state index in [0.717, 1.165) is 41.4 Å². The second-order valence-corrected chi connectivity index (χ2v) is 18.8. The van der Waals surface area contributed by atoms with Gasteiger partial charge in [0.15, 0.2) is 0 Å². The monoisotopic (exact) mass is 520 g/mol. The SMILES string of the molecule is CCCCC1C[C-]([Si](C)(C)[C-]2C(C)C(C)C(C)C2C)C2CCCCC12.[Cl][Zr+2][Cl]. The summed E-state index contributed by atoms with van der Waals surface area (Å²) >= 11 is -0.826. The van der Waals surface area contributed by atoms with E-state index in [1.54, 1.807) is 6.42 Å². The molecule has 0 bridgehead atoms. The Kier molecular flexibility index (Phi) is 10.7. The molecule has 0 radical (unpaired) electrons. The Morgan fingerprint density at radius 1 is 0.964 bits per heavy atom. The molecular formula is C24H44Cl2SiZr. The van der Waals surface area contributed by atoms with E-state index in [-0.39, 0.29) is 0 Å². The van der Waals surface area contributed by atoms with E-state index in [1.165, 1.54) is 44.9 Å². The van der Waals surface area contributed by atoms with E-state index in [9.17, 15) is 0 Å². The number of hydrogen-bond donors (Lipinski definition) is 0. The standard InChI is InChI=1S/C24H44Si.2ClH.Zr/c1-8-9-12-20-15-23(22-14-11-10-13-21(20)22)25(6,7)24-18(4)16(2)17(3)19(24)5;;;/h16-22H,8-15H2,1-7H3;2*1H;/q-2;;;+4/p-2. The van der Waals surface area contributed by atoms with Crippen LogP contribution in [-0.4, -0.2) is 8.07 Å². The average Bonchev–Trinajstić information content (AvgIpc) is 3.13. The predicted octanol–water partition coefficient (Wildman–Crippen LogP) is 8.87. The normalized spacial score (nSPS) is 39.2. The van der Waals surface area contributed by atoms with Crippen molar-refractivity contribution in [1.82, 2.24) is 0 Å². The first-order valence-corrected chi connectivity index (χ1v) is 21.2. The first kappa shape index (κ1) is 25.9. The van der Waals surface area contributed by atoms with E-state index in [4.69, 9.17) is 17.0 Å². The molecule has 162 valence electrons. The Morgan fingerprint density at radius 3 is 2.04 bits per heavy atom. The molecule has 3 aliphatic rings. The van der Waals surface area contributed by atoms with Gasteiger partial charge in [-0.05, 0) is 0 Å². The van der Waals surface area contributed by atoms with Crippen molar-refractivity contribution in [1.29, 1.82) is 0 Å². The average molecular weight is 523 g/mol. The summed E-state index contributed by atoms with van der Waals surface area (Å²) in [5.74, 6) is 6.59. The second-order valence-electron chi connectivity index (χ2n) is 10.6. The second kappa shape index (κ2) is 11.5. The molecule has 0 aliphatic heterocycles. The van der Waals surface area contributed by atoms with Crippen LogP contribution in [0, 0.1) is 52.5 Å². The van der Waals surface area contributed by atoms with Crippen molar-refractivity contribution in [2.45, 2.75) is 99.1 Å². The van der Waals surface area contributed by atoms with Gasteiger partial charge in [-0.25, -0.2) is 8.07 Å². The van der Waals surface area contributed by atoms with Crippen LogP contribution in [0.3, 0.4) is 0 Å². The van der Waals surface area contributed by atoms with Crippen LogP contribution >= 0.6 is 17.0 Å². The van der Waals surface area contributed by atoms with Gasteiger partial charge in [-0.15, -0.1) is 13.1 Å². The number of fused-ring (bicyclic) bond motifs is 1. The van der Waals surface area contributed by atoms with Crippen molar-refractivity contribution in [2.75, 3.05) is 0 Å². The van der Waals surface area contributed by atoms with E-state index in [0.29, 0.717) is 0 Å². The third kappa shape index (κ3) is 5.35. The molecule has 0 saturated heterocycles. The van der Waals surface area contributed by atoms with Gasteiger partial charge in [0, 0.05) is 0 Å². The van der Waals surface area contributed by atoms with Gasteiger partial charge in [0.25, 0.3) is 0 Å². The van der Waals surface area contributed by atoms with Crippen molar-refractivity contribution >= 4 is 25.1 Å². The van der Waals surface area contributed by atoms with E-state index < -0.39 is 28.9 Å². The van der Waals surface area contributed by atoms with Crippen molar-refractivity contribution in [3.05, 3.63) is 11.1 Å². The van der Waals surface area contributed by atoms with Crippen molar-refractivity contribution in [2.24, 2.45) is 41.4 Å². The van der Waals surface area contributed by atoms with E-state index in [1.807, 2.05) is 5.54 Å². The minimum absolute atomic E-state index is 0.826. The molecule has 0 heterocycles. The van der Waals surface area contributed by atoms with Gasteiger partial charge in [-0.3, -0.25) is 0 Å². The molecule has 0 aromatic rings. The van der Waals surface area contributed by atoms with E-state index >= 15 is 0 Å². The molecule has 0 nitrogen and oxygen atoms in total. The van der Waals surface area contributed by atoms with Crippen LogP contribution in [0.2, 0.25) is 13.1 Å². The van der Waals surface area contributed by atoms with Gasteiger partial charge < -0.3 is 11.1 Å². The Labute approximate surface area is 196 Å². The number of rotatable bonds is 5. The minimum atomic E-state index is -1.40. The van der Waals surface area contributed by atoms with Crippen molar-refractivity contribution in [3.8, 4) is 0 Å². The van der Waals surface area contributed by atoms with Gasteiger partial charge in [0.05, 0.1) is 0 Å². The zero-order valence-electron chi connectivity index (χ0n) is 19.5. The molecule has 7 unspecified atom stereocenters. The molecular weight excluding hydrogens is 478 g/mol. The first-order valence-electron chi connectivity index (χ1n) is 11.9. The number of halogens is 2. The Balaban J connectivity index is 0.000000878. The molecule has 0 N–H and O–H groups in total. The fourth-order valence-corrected chi connectivity index (χ4v) is 12.7. The Hall–Kier alpha value is 1.68. The van der Waals surface area contributed by atoms with Gasteiger partial charge >= 0.3 is 37.9 Å². The van der Waals surface area contributed by atoms with Gasteiger partial charge in [0.2, 0.25) is 0 Å². The van der Waals surface area contributed by atoms with Crippen LogP contribution in [0.25, 0.3) is 0 Å². The summed E-state index contributed by atoms with van der Waals surface area (Å²) in [5, 5.41) is 0. The van der Waals surface area contributed by atoms with Gasteiger partial charge in [0.1, 0.15) is 0 Å². The number of hydrogen-bond acceptors (Lipinski definition) is 0. The molecule has 3 fully saturated rings. The van der Waals surface area contributed by atoms with Crippen LogP contribution in [0.1, 0.15) is 86.0 Å². The molecule has 0 aromatic heterocycles. The molecule has 7 atom stereocenters. The van der Waals surface area contributed by atoms with Crippen LogP contribution in [0.4, 0.5) is 0 Å². The number of unbranched alkanes of at least 4 members (excludes halogenated alkanes) is 1. The summed E-state index contributed by atoms with van der Waals surface area (Å²) in [4.78, 5) is 0. The fraction of sp³-hybridized carbons (Fsp3) is 0.917. The molecule has 3 saturated carbocycles. The summed E-state index contributed by atoms with van der Waals surface area (Å²) in [6.45, 7) is 18.1. The third-order valence-electron chi connectivity index (χ3n) is 9.20. The topological polar surface area (TPSA) is 0 Å². The van der Waals surface area contributed by atoms with Crippen LogP contribution in [-0.2, 0) is 20.8 Å². The van der Waals surface area contributed by atoms with Crippen LogP contribution in [0.15, 0.2) is 0 Å². The quantitative estimate of drug-likeness (QED) is 0.250. The molecule has 0 amide bonds. The molecule has 3 rings (SSSR count). The van der Waals surface area contributed by atoms with E-state index in [2.05, 4.69) is 53.3 Å². The molecule has 4 heteroatoms. The maximum absolute atomic E-state index is 4.93. The molecule has 28 heavy (non-hydrogen) atoms. The zero-order chi connectivity index (χ0) is 21.1. The fourth-order valence-electron chi connectivity index (χ4n) is 7.46. The summed E-state index contributed by atoms with van der Waals surface area (Å²) in [6.07, 6.45) is 11.9.